The molecule has 102 valence electrons. The summed E-state index contributed by atoms with van der Waals surface area (Å²) in [5, 5.41) is 6.92. The Morgan fingerprint density at radius 3 is 3.00 bits per heavy atom. The molecular weight excluding hydrogens is 272 g/mol. The minimum Gasteiger partial charge on any atom is -0.326 e. The first-order valence-electron chi connectivity index (χ1n) is 5.90. The second-order valence-electron chi connectivity index (χ2n) is 4.32. The minimum absolute atomic E-state index is 0.0329. The number of H-pyrrole nitrogens is 1. The normalized spacial score (nSPS) is 20.4. The van der Waals surface area contributed by atoms with Crippen molar-refractivity contribution in [1.82, 2.24) is 14.9 Å². The molecule has 1 saturated heterocycles. The highest BCUT2D eigenvalue weighted by molar-refractivity contribution is 8.00. The highest BCUT2D eigenvalue weighted by atomic mass is 32.2. The molecule has 2 rings (SSSR count). The smallest absolute Gasteiger partial charge is 0.260 e. The maximum atomic E-state index is 12.1. The molecule has 18 heavy (non-hydrogen) atoms. The summed E-state index contributed by atoms with van der Waals surface area (Å²) < 4.78 is 26.9. The van der Waals surface area contributed by atoms with Gasteiger partial charge >= 0.3 is 0 Å². The molecule has 0 bridgehead atoms. The molecule has 1 aromatic heterocycles. The molecule has 0 aliphatic carbocycles. The quantitative estimate of drug-likeness (QED) is 0.726. The van der Waals surface area contributed by atoms with E-state index in [1.807, 2.05) is 11.8 Å². The highest BCUT2D eigenvalue weighted by Crippen LogP contribution is 2.25. The Labute approximate surface area is 111 Å². The number of nitrogens with zero attached hydrogens (tertiary/aromatic N) is 1. The second kappa shape index (κ2) is 5.60. The molecule has 1 fully saturated rings. The molecule has 0 amide bonds. The number of aryl methyl sites for hydroxylation is 1. The van der Waals surface area contributed by atoms with Gasteiger partial charge in [-0.05, 0) is 25.5 Å². The van der Waals surface area contributed by atoms with E-state index in [2.05, 4.69) is 14.9 Å². The number of rotatable bonds is 5. The fraction of sp³-hybridized carbons (Fsp3) is 0.700. The van der Waals surface area contributed by atoms with E-state index in [4.69, 9.17) is 5.73 Å². The molecule has 0 aromatic carbocycles. The van der Waals surface area contributed by atoms with E-state index < -0.39 is 10.0 Å². The van der Waals surface area contributed by atoms with Crippen molar-refractivity contribution in [3.63, 3.8) is 0 Å². The summed E-state index contributed by atoms with van der Waals surface area (Å²) in [5.74, 6) is 1.11. The van der Waals surface area contributed by atoms with Crippen molar-refractivity contribution >= 4 is 21.8 Å². The van der Waals surface area contributed by atoms with Crippen LogP contribution >= 0.6 is 11.8 Å². The van der Waals surface area contributed by atoms with Gasteiger partial charge in [-0.1, -0.05) is 0 Å². The van der Waals surface area contributed by atoms with Gasteiger partial charge in [0.05, 0.1) is 0 Å². The number of nitrogens with two attached hydrogens (primary N) is 1. The lowest BCUT2D eigenvalue weighted by molar-refractivity contribution is 0.573. The zero-order valence-electron chi connectivity index (χ0n) is 10.3. The van der Waals surface area contributed by atoms with Gasteiger partial charge in [-0.3, -0.25) is 5.10 Å². The number of thioether (sulfide) groups is 1. The Kier molecular flexibility index (Phi) is 4.31. The number of aromatic nitrogens is 2. The predicted octanol–water partition coefficient (Wildman–Crippen LogP) is 0.351. The number of aromatic amines is 1. The summed E-state index contributed by atoms with van der Waals surface area (Å²) in [6.07, 6.45) is 2.23. The van der Waals surface area contributed by atoms with E-state index in [1.54, 1.807) is 6.92 Å². The molecule has 0 saturated carbocycles. The first kappa shape index (κ1) is 13.9. The third-order valence-corrected chi connectivity index (χ3v) is 5.81. The standard InChI is InChI=1S/C10H18N4O2S2/c1-7-9(5-11)10(14-13-7)18(15,16)12-6-8-3-2-4-17-8/h8,12H,2-6,11H2,1H3,(H,13,14). The van der Waals surface area contributed by atoms with E-state index >= 15 is 0 Å². The topological polar surface area (TPSA) is 101 Å². The molecular formula is C10H18N4O2S2. The molecule has 1 unspecified atom stereocenters. The Morgan fingerprint density at radius 1 is 1.61 bits per heavy atom. The Morgan fingerprint density at radius 2 is 2.39 bits per heavy atom. The van der Waals surface area contributed by atoms with Crippen molar-refractivity contribution in [2.45, 2.75) is 36.6 Å². The van der Waals surface area contributed by atoms with E-state index in [1.165, 1.54) is 0 Å². The van der Waals surface area contributed by atoms with Crippen LogP contribution in [-0.4, -0.2) is 36.2 Å². The molecule has 8 heteroatoms. The Balaban J connectivity index is 2.09. The van der Waals surface area contributed by atoms with Crippen LogP contribution < -0.4 is 10.5 Å². The largest absolute Gasteiger partial charge is 0.326 e. The van der Waals surface area contributed by atoms with Crippen molar-refractivity contribution in [3.05, 3.63) is 11.3 Å². The van der Waals surface area contributed by atoms with Crippen LogP contribution in [-0.2, 0) is 16.6 Å². The third kappa shape index (κ3) is 2.87. The van der Waals surface area contributed by atoms with Crippen LogP contribution in [0.25, 0.3) is 0 Å². The monoisotopic (exact) mass is 290 g/mol. The number of sulfonamides is 1. The molecule has 0 spiro atoms. The minimum atomic E-state index is -3.56. The van der Waals surface area contributed by atoms with Crippen molar-refractivity contribution < 1.29 is 8.42 Å². The van der Waals surface area contributed by atoms with E-state index in [0.717, 1.165) is 18.6 Å². The van der Waals surface area contributed by atoms with E-state index in [-0.39, 0.29) is 11.6 Å². The van der Waals surface area contributed by atoms with Gasteiger partial charge in [-0.15, -0.1) is 0 Å². The lowest BCUT2D eigenvalue weighted by Crippen LogP contribution is -2.31. The maximum Gasteiger partial charge on any atom is 0.260 e. The summed E-state index contributed by atoms with van der Waals surface area (Å²) in [4.78, 5) is 0. The highest BCUT2D eigenvalue weighted by Gasteiger charge is 2.25. The van der Waals surface area contributed by atoms with Crippen LogP contribution in [0.1, 0.15) is 24.1 Å². The van der Waals surface area contributed by atoms with Gasteiger partial charge in [0.25, 0.3) is 10.0 Å². The Bertz CT molecular complexity index is 506. The summed E-state index contributed by atoms with van der Waals surface area (Å²) >= 11 is 1.81. The van der Waals surface area contributed by atoms with Crippen molar-refractivity contribution in [3.8, 4) is 0 Å². The molecule has 2 heterocycles. The lowest BCUT2D eigenvalue weighted by Gasteiger charge is -2.10. The van der Waals surface area contributed by atoms with Crippen molar-refractivity contribution in [2.24, 2.45) is 5.73 Å². The van der Waals surface area contributed by atoms with Crippen molar-refractivity contribution in [2.75, 3.05) is 12.3 Å². The van der Waals surface area contributed by atoms with Crippen LogP contribution in [0.2, 0.25) is 0 Å². The van der Waals surface area contributed by atoms with Gasteiger partial charge < -0.3 is 5.73 Å². The summed E-state index contributed by atoms with van der Waals surface area (Å²) in [6.45, 7) is 2.39. The van der Waals surface area contributed by atoms with Gasteiger partial charge in [0, 0.05) is 29.6 Å². The summed E-state index contributed by atoms with van der Waals surface area (Å²) in [5.41, 5.74) is 6.81. The van der Waals surface area contributed by atoms with Gasteiger partial charge in [0.15, 0.2) is 5.03 Å². The summed E-state index contributed by atoms with van der Waals surface area (Å²) in [7, 11) is -3.56. The van der Waals surface area contributed by atoms with Crippen LogP contribution in [0.5, 0.6) is 0 Å². The first-order valence-corrected chi connectivity index (χ1v) is 8.43. The fourth-order valence-electron chi connectivity index (χ4n) is 1.97. The molecule has 6 nitrogen and oxygen atoms in total. The number of hydrogen-bond donors (Lipinski definition) is 3. The van der Waals surface area contributed by atoms with Crippen molar-refractivity contribution in [1.29, 1.82) is 0 Å². The van der Waals surface area contributed by atoms with Crippen LogP contribution in [0.4, 0.5) is 0 Å². The van der Waals surface area contributed by atoms with E-state index in [9.17, 15) is 8.42 Å². The van der Waals surface area contributed by atoms with Crippen LogP contribution in [0.15, 0.2) is 5.03 Å². The zero-order valence-corrected chi connectivity index (χ0v) is 11.9. The fourth-order valence-corrected chi connectivity index (χ4v) is 4.56. The average Bonchev–Trinajstić information content (AvgIpc) is 2.95. The molecule has 1 aliphatic heterocycles. The van der Waals surface area contributed by atoms with Gasteiger partial charge in [0.1, 0.15) is 0 Å². The molecule has 1 atom stereocenters. The number of hydrogen-bond acceptors (Lipinski definition) is 5. The maximum absolute atomic E-state index is 12.1. The van der Waals surface area contributed by atoms with Crippen LogP contribution in [0, 0.1) is 6.92 Å². The molecule has 4 N–H and O–H groups in total. The third-order valence-electron chi connectivity index (χ3n) is 3.02. The lowest BCUT2D eigenvalue weighted by atomic mass is 10.2. The molecule has 1 aliphatic rings. The predicted molar refractivity (Wildman–Crippen MR) is 71.9 cm³/mol. The summed E-state index contributed by atoms with van der Waals surface area (Å²) in [6, 6.07) is 0. The average molecular weight is 290 g/mol. The van der Waals surface area contributed by atoms with E-state index in [0.29, 0.717) is 23.1 Å². The molecule has 1 aromatic rings. The zero-order chi connectivity index (χ0) is 13.2. The Hall–Kier alpha value is -0.570. The van der Waals surface area contributed by atoms with Gasteiger partial charge in [-0.2, -0.15) is 16.9 Å². The number of nitrogens with one attached hydrogen (secondary N) is 2. The molecule has 0 radical (unpaired) electrons. The second-order valence-corrected chi connectivity index (χ2v) is 7.41. The van der Waals surface area contributed by atoms with Crippen LogP contribution in [0.3, 0.4) is 0 Å². The van der Waals surface area contributed by atoms with Gasteiger partial charge in [-0.25, -0.2) is 13.1 Å². The SMILES string of the molecule is Cc1[nH]nc(S(=O)(=O)NCC2CCCS2)c1CN. The van der Waals surface area contributed by atoms with Gasteiger partial charge in [0.2, 0.25) is 0 Å². The first-order chi connectivity index (χ1) is 8.54.